The third-order valence-corrected chi connectivity index (χ3v) is 3.75. The number of aliphatic hydroxyl groups excluding tert-OH is 1. The van der Waals surface area contributed by atoms with Crippen molar-refractivity contribution in [3.63, 3.8) is 0 Å². The molecule has 0 saturated carbocycles. The number of phenolic OH excluding ortho intramolecular Hbond substituents is 1. The predicted molar refractivity (Wildman–Crippen MR) is 59.8 cm³/mol. The highest BCUT2D eigenvalue weighted by Gasteiger charge is 2.23. The van der Waals surface area contributed by atoms with E-state index in [1.165, 1.54) is 12.1 Å². The van der Waals surface area contributed by atoms with Crippen LogP contribution in [0, 0.1) is 0 Å². The molecule has 0 aliphatic heterocycles. The predicted octanol–water partition coefficient (Wildman–Crippen LogP) is -0.102. The summed E-state index contributed by atoms with van der Waals surface area (Å²) >= 11 is 5.67. The number of aliphatic hydroxyl groups is 1. The average molecular weight is 267 g/mol. The summed E-state index contributed by atoms with van der Waals surface area (Å²) in [5.74, 6) is -0.599. The minimum atomic E-state index is -3.98. The molecule has 1 aromatic carbocycles. The van der Waals surface area contributed by atoms with Crippen LogP contribution < -0.4 is 10.5 Å². The zero-order valence-corrected chi connectivity index (χ0v) is 9.72. The van der Waals surface area contributed by atoms with Crippen molar-refractivity contribution < 1.29 is 18.6 Å². The number of anilines is 1. The van der Waals surface area contributed by atoms with Gasteiger partial charge in [-0.2, -0.15) is 0 Å². The van der Waals surface area contributed by atoms with Crippen LogP contribution in [0.3, 0.4) is 0 Å². The second-order valence-corrected chi connectivity index (χ2v) is 5.05. The van der Waals surface area contributed by atoms with Gasteiger partial charge in [-0.1, -0.05) is 11.6 Å². The average Bonchev–Trinajstić information content (AvgIpc) is 2.21. The first-order chi connectivity index (χ1) is 7.40. The van der Waals surface area contributed by atoms with Gasteiger partial charge in [0, 0.05) is 6.54 Å². The third-order valence-electron chi connectivity index (χ3n) is 1.79. The van der Waals surface area contributed by atoms with Crippen LogP contribution in [-0.4, -0.2) is 31.8 Å². The molecular weight excluding hydrogens is 256 g/mol. The molecule has 0 aliphatic carbocycles. The lowest BCUT2D eigenvalue weighted by Crippen LogP contribution is -2.27. The zero-order valence-electron chi connectivity index (χ0n) is 8.14. The molecule has 6 nitrogen and oxygen atoms in total. The molecule has 0 amide bonds. The Morgan fingerprint density at radius 3 is 2.62 bits per heavy atom. The minimum Gasteiger partial charge on any atom is -0.504 e. The first-order valence-corrected chi connectivity index (χ1v) is 6.13. The maximum absolute atomic E-state index is 11.7. The number of phenols is 1. The molecule has 16 heavy (non-hydrogen) atoms. The Labute approximate surface area is 97.7 Å². The van der Waals surface area contributed by atoms with Crippen LogP contribution in [0.1, 0.15) is 0 Å². The topological polar surface area (TPSA) is 113 Å². The fraction of sp³-hybridized carbons (Fsp3) is 0.250. The van der Waals surface area contributed by atoms with Crippen molar-refractivity contribution in [1.29, 1.82) is 0 Å². The lowest BCUT2D eigenvalue weighted by atomic mass is 10.3. The van der Waals surface area contributed by atoms with Crippen molar-refractivity contribution >= 4 is 27.3 Å². The minimum absolute atomic E-state index is 0.0891. The summed E-state index contributed by atoms with van der Waals surface area (Å²) in [6, 6.07) is 2.56. The fourth-order valence-corrected chi connectivity index (χ4v) is 2.73. The number of nitrogens with one attached hydrogen (secondary N) is 1. The maximum Gasteiger partial charge on any atom is 0.245 e. The SMILES string of the molecule is Nc1ccc(Cl)c(S(=O)(=O)NCCO)c1O. The van der Waals surface area contributed by atoms with E-state index < -0.39 is 20.7 Å². The molecule has 0 fully saturated rings. The number of hydrogen-bond acceptors (Lipinski definition) is 5. The van der Waals surface area contributed by atoms with Gasteiger partial charge in [0.2, 0.25) is 10.0 Å². The normalized spacial score (nSPS) is 11.6. The molecular formula is C8H11ClN2O4S. The van der Waals surface area contributed by atoms with E-state index in [0.29, 0.717) is 0 Å². The summed E-state index contributed by atoms with van der Waals surface area (Å²) in [5.41, 5.74) is 5.28. The molecule has 1 aromatic rings. The second-order valence-electron chi connectivity index (χ2n) is 2.94. The zero-order chi connectivity index (χ0) is 12.3. The molecule has 0 aliphatic rings. The van der Waals surface area contributed by atoms with Crippen LogP contribution in [0.4, 0.5) is 5.69 Å². The van der Waals surface area contributed by atoms with Gasteiger partial charge in [0.25, 0.3) is 0 Å². The summed E-state index contributed by atoms with van der Waals surface area (Å²) in [6.07, 6.45) is 0. The number of sulfonamides is 1. The van der Waals surface area contributed by atoms with Crippen LogP contribution in [0.25, 0.3) is 0 Å². The molecule has 0 spiro atoms. The molecule has 0 heterocycles. The van der Waals surface area contributed by atoms with Crippen molar-refractivity contribution in [3.8, 4) is 5.75 Å². The standard InChI is InChI=1S/C8H11ClN2O4S/c9-5-1-2-6(10)7(13)8(5)16(14,15)11-3-4-12/h1-2,11-13H,3-4,10H2. The Morgan fingerprint density at radius 2 is 2.06 bits per heavy atom. The van der Waals surface area contributed by atoms with Crippen LogP contribution >= 0.6 is 11.6 Å². The Hall–Kier alpha value is -1.02. The molecule has 5 N–H and O–H groups in total. The highest BCUT2D eigenvalue weighted by atomic mass is 35.5. The maximum atomic E-state index is 11.7. The van der Waals surface area contributed by atoms with Gasteiger partial charge in [-0.05, 0) is 12.1 Å². The van der Waals surface area contributed by atoms with E-state index in [2.05, 4.69) is 4.72 Å². The van der Waals surface area contributed by atoms with E-state index in [4.69, 9.17) is 22.4 Å². The number of rotatable bonds is 4. The Kier molecular flexibility index (Phi) is 3.98. The molecule has 0 atom stereocenters. The molecule has 0 saturated heterocycles. The van der Waals surface area contributed by atoms with Crippen molar-refractivity contribution in [2.75, 3.05) is 18.9 Å². The van der Waals surface area contributed by atoms with E-state index in [9.17, 15) is 13.5 Å². The first kappa shape index (κ1) is 13.0. The van der Waals surface area contributed by atoms with Crippen molar-refractivity contribution in [2.24, 2.45) is 0 Å². The van der Waals surface area contributed by atoms with Gasteiger partial charge in [0.1, 0.15) is 4.90 Å². The smallest absolute Gasteiger partial charge is 0.245 e. The number of benzene rings is 1. The highest BCUT2D eigenvalue weighted by molar-refractivity contribution is 7.89. The van der Waals surface area contributed by atoms with E-state index in [1.807, 2.05) is 0 Å². The van der Waals surface area contributed by atoms with E-state index in [-0.39, 0.29) is 23.9 Å². The molecule has 0 bridgehead atoms. The van der Waals surface area contributed by atoms with Gasteiger partial charge >= 0.3 is 0 Å². The van der Waals surface area contributed by atoms with E-state index in [1.54, 1.807) is 0 Å². The van der Waals surface area contributed by atoms with Gasteiger partial charge in [-0.15, -0.1) is 0 Å². The Morgan fingerprint density at radius 1 is 1.44 bits per heavy atom. The van der Waals surface area contributed by atoms with Crippen molar-refractivity contribution in [2.45, 2.75) is 4.90 Å². The fourth-order valence-electron chi connectivity index (χ4n) is 1.07. The van der Waals surface area contributed by atoms with Gasteiger partial charge in [-0.25, -0.2) is 13.1 Å². The number of halogens is 1. The van der Waals surface area contributed by atoms with Crippen LogP contribution in [0.15, 0.2) is 17.0 Å². The molecule has 0 aromatic heterocycles. The quantitative estimate of drug-likeness (QED) is 0.449. The van der Waals surface area contributed by atoms with Gasteiger partial charge in [0.05, 0.1) is 17.3 Å². The number of hydrogen-bond donors (Lipinski definition) is 4. The number of nitrogens with two attached hydrogens (primary N) is 1. The largest absolute Gasteiger partial charge is 0.504 e. The summed E-state index contributed by atoms with van der Waals surface area (Å²) in [7, 11) is -3.98. The van der Waals surface area contributed by atoms with E-state index >= 15 is 0 Å². The molecule has 8 heteroatoms. The van der Waals surface area contributed by atoms with E-state index in [0.717, 1.165) is 0 Å². The lowest BCUT2D eigenvalue weighted by molar-refractivity contribution is 0.301. The third kappa shape index (κ3) is 2.56. The second kappa shape index (κ2) is 4.88. The van der Waals surface area contributed by atoms with Crippen LogP contribution in [0.5, 0.6) is 5.75 Å². The van der Waals surface area contributed by atoms with Crippen molar-refractivity contribution in [1.82, 2.24) is 4.72 Å². The van der Waals surface area contributed by atoms with Gasteiger partial charge < -0.3 is 15.9 Å². The molecule has 0 radical (unpaired) electrons. The summed E-state index contributed by atoms with van der Waals surface area (Å²) in [6.45, 7) is -0.535. The lowest BCUT2D eigenvalue weighted by Gasteiger charge is -2.10. The molecule has 1 rings (SSSR count). The van der Waals surface area contributed by atoms with Gasteiger partial charge in [0.15, 0.2) is 5.75 Å². The number of nitrogen functional groups attached to an aromatic ring is 1. The van der Waals surface area contributed by atoms with Crippen LogP contribution in [-0.2, 0) is 10.0 Å². The molecule has 90 valence electrons. The Balaban J connectivity index is 3.27. The van der Waals surface area contributed by atoms with Crippen molar-refractivity contribution in [3.05, 3.63) is 17.2 Å². The van der Waals surface area contributed by atoms with Crippen LogP contribution in [0.2, 0.25) is 5.02 Å². The summed E-state index contributed by atoms with van der Waals surface area (Å²) in [5, 5.41) is 17.9. The number of aromatic hydroxyl groups is 1. The first-order valence-electron chi connectivity index (χ1n) is 4.27. The summed E-state index contributed by atoms with van der Waals surface area (Å²) in [4.78, 5) is -0.484. The monoisotopic (exact) mass is 266 g/mol. The molecule has 0 unspecified atom stereocenters. The Bertz CT molecular complexity index is 489. The highest BCUT2D eigenvalue weighted by Crippen LogP contribution is 2.34. The summed E-state index contributed by atoms with van der Waals surface area (Å²) < 4.78 is 25.4. The van der Waals surface area contributed by atoms with Gasteiger partial charge in [-0.3, -0.25) is 0 Å².